The molecule has 0 aromatic heterocycles. The molecular weight excluding hydrogens is 399 g/mol. The fourth-order valence-corrected chi connectivity index (χ4v) is 2.97. The largest absolute Gasteiger partial charge is 0.356 e. The monoisotopic (exact) mass is 420 g/mol. The van der Waals surface area contributed by atoms with E-state index in [0.717, 1.165) is 17.5 Å². The molecule has 7 heteroatoms. The van der Waals surface area contributed by atoms with Crippen molar-refractivity contribution < 1.29 is 9.18 Å². The summed E-state index contributed by atoms with van der Waals surface area (Å²) in [5.74, 6) is 0.251. The molecule has 2 rings (SSSR count). The van der Waals surface area contributed by atoms with Crippen LogP contribution in [0, 0.1) is 5.82 Å². The van der Waals surface area contributed by atoms with Crippen molar-refractivity contribution in [3.8, 4) is 0 Å². The van der Waals surface area contributed by atoms with E-state index in [2.05, 4.69) is 36.9 Å². The van der Waals surface area contributed by atoms with Gasteiger partial charge in [0, 0.05) is 37.2 Å². The minimum absolute atomic E-state index is 0.0986. The first kappa shape index (κ1) is 19.9. The smallest absolute Gasteiger partial charge is 0.251 e. The van der Waals surface area contributed by atoms with Gasteiger partial charge in [-0.3, -0.25) is 9.79 Å². The Morgan fingerprint density at radius 2 is 1.96 bits per heavy atom. The SMILES string of the molecule is CN=C(NCCc1cccc(C(=O)NC)c1)NCc1cc(F)cc(Br)c1. The zero-order chi connectivity index (χ0) is 18.9. The number of carbonyl (C=O) groups is 1. The number of carbonyl (C=O) groups excluding carboxylic acids is 1. The zero-order valence-electron chi connectivity index (χ0n) is 14.8. The molecule has 0 fully saturated rings. The molecule has 0 saturated carbocycles. The number of guanidine groups is 1. The summed E-state index contributed by atoms with van der Waals surface area (Å²) in [7, 11) is 3.30. The van der Waals surface area contributed by atoms with Crippen LogP contribution in [0.5, 0.6) is 0 Å². The number of amides is 1. The molecule has 0 heterocycles. The van der Waals surface area contributed by atoms with E-state index >= 15 is 0 Å². The van der Waals surface area contributed by atoms with Crippen molar-refractivity contribution in [3.63, 3.8) is 0 Å². The van der Waals surface area contributed by atoms with Gasteiger partial charge in [-0.1, -0.05) is 28.1 Å². The highest BCUT2D eigenvalue weighted by Gasteiger charge is 2.05. The summed E-state index contributed by atoms with van der Waals surface area (Å²) in [6, 6.07) is 12.3. The molecule has 2 aromatic rings. The molecule has 0 spiro atoms. The van der Waals surface area contributed by atoms with Crippen LogP contribution in [0.25, 0.3) is 0 Å². The van der Waals surface area contributed by atoms with Crippen LogP contribution in [0.15, 0.2) is 51.9 Å². The number of benzene rings is 2. The van der Waals surface area contributed by atoms with Gasteiger partial charge in [-0.15, -0.1) is 0 Å². The summed E-state index contributed by atoms with van der Waals surface area (Å²) in [5.41, 5.74) is 2.52. The first-order chi connectivity index (χ1) is 12.5. The molecule has 26 heavy (non-hydrogen) atoms. The van der Waals surface area contributed by atoms with Gasteiger partial charge in [0.05, 0.1) is 0 Å². The second kappa shape index (κ2) is 9.91. The molecular formula is C19H22BrFN4O. The van der Waals surface area contributed by atoms with Crippen molar-refractivity contribution >= 4 is 27.8 Å². The fourth-order valence-electron chi connectivity index (χ4n) is 2.46. The van der Waals surface area contributed by atoms with Gasteiger partial charge in [0.1, 0.15) is 5.82 Å². The molecule has 5 nitrogen and oxygen atoms in total. The molecule has 0 saturated heterocycles. The minimum Gasteiger partial charge on any atom is -0.356 e. The lowest BCUT2D eigenvalue weighted by Gasteiger charge is -2.12. The Bertz CT molecular complexity index is 775. The van der Waals surface area contributed by atoms with Crippen molar-refractivity contribution in [1.29, 1.82) is 0 Å². The molecule has 138 valence electrons. The summed E-state index contributed by atoms with van der Waals surface area (Å²) in [5, 5.41) is 8.98. The van der Waals surface area contributed by atoms with Gasteiger partial charge >= 0.3 is 0 Å². The topological polar surface area (TPSA) is 65.5 Å². The van der Waals surface area contributed by atoms with Crippen molar-refractivity contribution in [1.82, 2.24) is 16.0 Å². The molecule has 0 unspecified atom stereocenters. The third kappa shape index (κ3) is 6.15. The zero-order valence-corrected chi connectivity index (χ0v) is 16.4. The lowest BCUT2D eigenvalue weighted by Crippen LogP contribution is -2.37. The number of hydrogen-bond donors (Lipinski definition) is 3. The summed E-state index contributed by atoms with van der Waals surface area (Å²) < 4.78 is 14.1. The third-order valence-electron chi connectivity index (χ3n) is 3.73. The minimum atomic E-state index is -0.282. The molecule has 2 aromatic carbocycles. The second-order valence-corrected chi connectivity index (χ2v) is 6.58. The average molecular weight is 421 g/mol. The van der Waals surface area contributed by atoms with Crippen LogP contribution >= 0.6 is 15.9 Å². The van der Waals surface area contributed by atoms with Crippen molar-refractivity contribution in [2.45, 2.75) is 13.0 Å². The van der Waals surface area contributed by atoms with Crippen LogP contribution in [0.4, 0.5) is 4.39 Å². The third-order valence-corrected chi connectivity index (χ3v) is 4.19. The molecule has 0 aliphatic carbocycles. The van der Waals surface area contributed by atoms with Crippen LogP contribution in [0.1, 0.15) is 21.5 Å². The van der Waals surface area contributed by atoms with E-state index in [4.69, 9.17) is 0 Å². The van der Waals surface area contributed by atoms with E-state index in [0.29, 0.717) is 29.1 Å². The summed E-state index contributed by atoms with van der Waals surface area (Å²) >= 11 is 3.28. The first-order valence-electron chi connectivity index (χ1n) is 8.22. The summed E-state index contributed by atoms with van der Waals surface area (Å²) in [6.07, 6.45) is 0.747. The number of halogens is 2. The van der Waals surface area contributed by atoms with Crippen LogP contribution in [-0.4, -0.2) is 32.5 Å². The van der Waals surface area contributed by atoms with Crippen LogP contribution in [-0.2, 0) is 13.0 Å². The summed E-state index contributed by atoms with van der Waals surface area (Å²) in [6.45, 7) is 1.12. The summed E-state index contributed by atoms with van der Waals surface area (Å²) in [4.78, 5) is 15.8. The van der Waals surface area contributed by atoms with E-state index in [-0.39, 0.29) is 11.7 Å². The van der Waals surface area contributed by atoms with Crippen molar-refractivity contribution in [2.24, 2.45) is 4.99 Å². The Morgan fingerprint density at radius 3 is 2.65 bits per heavy atom. The number of nitrogens with zero attached hydrogens (tertiary/aromatic N) is 1. The maximum absolute atomic E-state index is 13.4. The van der Waals surface area contributed by atoms with Gasteiger partial charge in [0.2, 0.25) is 0 Å². The molecule has 1 amide bonds. The highest BCUT2D eigenvalue weighted by atomic mass is 79.9. The van der Waals surface area contributed by atoms with Gasteiger partial charge in [0.25, 0.3) is 5.91 Å². The number of hydrogen-bond acceptors (Lipinski definition) is 2. The van der Waals surface area contributed by atoms with Gasteiger partial charge in [-0.25, -0.2) is 4.39 Å². The van der Waals surface area contributed by atoms with E-state index < -0.39 is 0 Å². The predicted molar refractivity (Wildman–Crippen MR) is 106 cm³/mol. The fraction of sp³-hybridized carbons (Fsp3) is 0.263. The molecule has 0 bridgehead atoms. The lowest BCUT2D eigenvalue weighted by atomic mass is 10.1. The highest BCUT2D eigenvalue weighted by Crippen LogP contribution is 2.14. The van der Waals surface area contributed by atoms with Crippen LogP contribution in [0.2, 0.25) is 0 Å². The molecule has 3 N–H and O–H groups in total. The van der Waals surface area contributed by atoms with E-state index in [9.17, 15) is 9.18 Å². The van der Waals surface area contributed by atoms with Crippen LogP contribution < -0.4 is 16.0 Å². The van der Waals surface area contributed by atoms with Gasteiger partial charge in [-0.2, -0.15) is 0 Å². The van der Waals surface area contributed by atoms with E-state index in [1.165, 1.54) is 12.1 Å². The van der Waals surface area contributed by atoms with E-state index in [1.807, 2.05) is 24.3 Å². The number of nitrogens with one attached hydrogen (secondary N) is 3. The molecule has 0 radical (unpaired) electrons. The Kier molecular flexibility index (Phi) is 7.59. The van der Waals surface area contributed by atoms with Crippen LogP contribution in [0.3, 0.4) is 0 Å². The van der Waals surface area contributed by atoms with Gasteiger partial charge in [-0.05, 0) is 47.9 Å². The Labute approximate surface area is 161 Å². The predicted octanol–water partition coefficient (Wildman–Crippen LogP) is 2.86. The first-order valence-corrected chi connectivity index (χ1v) is 9.01. The highest BCUT2D eigenvalue weighted by molar-refractivity contribution is 9.10. The lowest BCUT2D eigenvalue weighted by molar-refractivity contribution is 0.0963. The maximum atomic E-state index is 13.4. The van der Waals surface area contributed by atoms with Gasteiger partial charge < -0.3 is 16.0 Å². The quantitative estimate of drug-likeness (QED) is 0.497. The van der Waals surface area contributed by atoms with E-state index in [1.54, 1.807) is 20.2 Å². The molecule has 0 atom stereocenters. The Morgan fingerprint density at radius 1 is 1.15 bits per heavy atom. The second-order valence-electron chi connectivity index (χ2n) is 5.66. The Hall–Kier alpha value is -2.41. The number of rotatable bonds is 6. The van der Waals surface area contributed by atoms with Crippen molar-refractivity contribution in [2.75, 3.05) is 20.6 Å². The molecule has 0 aliphatic rings. The standard InChI is InChI=1S/C19H22BrFN4O/c1-22-18(26)15-5-3-4-13(8-15)6-7-24-19(23-2)25-12-14-9-16(20)11-17(21)10-14/h3-5,8-11H,6-7,12H2,1-2H3,(H,22,26)(H2,23,24,25). The molecule has 0 aliphatic heterocycles. The van der Waals surface area contributed by atoms with Crippen molar-refractivity contribution in [3.05, 3.63) is 69.4 Å². The normalized spacial score (nSPS) is 11.2. The van der Waals surface area contributed by atoms with Gasteiger partial charge in [0.15, 0.2) is 5.96 Å². The Balaban J connectivity index is 1.84. The number of aliphatic imine (C=N–C) groups is 1. The maximum Gasteiger partial charge on any atom is 0.251 e. The average Bonchev–Trinajstić information content (AvgIpc) is 2.63.